The van der Waals surface area contributed by atoms with Crippen LogP contribution in [-0.2, 0) is 17.9 Å². The predicted octanol–water partition coefficient (Wildman–Crippen LogP) is 4.30. The zero-order valence-corrected chi connectivity index (χ0v) is 19.9. The van der Waals surface area contributed by atoms with Crippen molar-refractivity contribution >= 4 is 38.5 Å². The normalized spacial score (nSPS) is 11.4. The van der Waals surface area contributed by atoms with Gasteiger partial charge in [0.1, 0.15) is 10.7 Å². The molecular weight excluding hydrogens is 446 g/mol. The third-order valence-electron chi connectivity index (χ3n) is 6.01. The maximum atomic E-state index is 13.2. The van der Waals surface area contributed by atoms with Crippen LogP contribution in [0.3, 0.4) is 0 Å². The molecule has 2 aromatic carbocycles. The van der Waals surface area contributed by atoms with E-state index in [2.05, 4.69) is 19.9 Å². The molecule has 5 rings (SSSR count). The summed E-state index contributed by atoms with van der Waals surface area (Å²) in [7, 11) is 0. The van der Waals surface area contributed by atoms with E-state index in [9.17, 15) is 9.59 Å². The van der Waals surface area contributed by atoms with Crippen molar-refractivity contribution in [2.45, 2.75) is 33.4 Å². The molecule has 5 aromatic rings. The van der Waals surface area contributed by atoms with E-state index in [0.29, 0.717) is 23.3 Å². The van der Waals surface area contributed by atoms with Crippen molar-refractivity contribution in [2.75, 3.05) is 6.54 Å². The maximum Gasteiger partial charge on any atom is 0.262 e. The highest BCUT2D eigenvalue weighted by Gasteiger charge is 2.14. The summed E-state index contributed by atoms with van der Waals surface area (Å²) in [5, 5.41) is 5.54. The van der Waals surface area contributed by atoms with Crippen molar-refractivity contribution in [3.05, 3.63) is 82.0 Å². The molecule has 0 bridgehead atoms. The monoisotopic (exact) mass is 471 g/mol. The second kappa shape index (κ2) is 9.23. The summed E-state index contributed by atoms with van der Waals surface area (Å²) < 4.78 is 3.63. The van der Waals surface area contributed by atoms with E-state index < -0.39 is 0 Å². The quantitative estimate of drug-likeness (QED) is 0.384. The van der Waals surface area contributed by atoms with Gasteiger partial charge in [0.05, 0.1) is 22.7 Å². The molecule has 0 fully saturated rings. The lowest BCUT2D eigenvalue weighted by atomic mass is 10.1. The molecule has 172 valence electrons. The number of imidazole rings is 1. The van der Waals surface area contributed by atoms with E-state index in [1.807, 2.05) is 67.8 Å². The largest absolute Gasteiger partial charge is 0.354 e. The van der Waals surface area contributed by atoms with Gasteiger partial charge >= 0.3 is 0 Å². The van der Waals surface area contributed by atoms with Gasteiger partial charge in [-0.1, -0.05) is 42.0 Å². The number of benzene rings is 2. The van der Waals surface area contributed by atoms with Crippen LogP contribution < -0.4 is 10.9 Å². The van der Waals surface area contributed by atoms with Crippen LogP contribution in [0.5, 0.6) is 0 Å². The van der Waals surface area contributed by atoms with Gasteiger partial charge in [0.2, 0.25) is 5.91 Å². The lowest BCUT2D eigenvalue weighted by molar-refractivity contribution is -0.121. The van der Waals surface area contributed by atoms with Gasteiger partial charge in [-0.3, -0.25) is 14.2 Å². The number of nitrogens with zero attached hydrogens (tertiary/aromatic N) is 4. The summed E-state index contributed by atoms with van der Waals surface area (Å²) in [6.07, 6.45) is 1.75. The predicted molar refractivity (Wildman–Crippen MR) is 136 cm³/mol. The molecule has 34 heavy (non-hydrogen) atoms. The van der Waals surface area contributed by atoms with Gasteiger partial charge < -0.3 is 9.88 Å². The molecule has 3 heterocycles. The highest BCUT2D eigenvalue weighted by atomic mass is 32.1. The molecule has 8 heteroatoms. The number of fused-ring (bicyclic) bond motifs is 2. The van der Waals surface area contributed by atoms with Crippen LogP contribution in [0.25, 0.3) is 32.4 Å². The van der Waals surface area contributed by atoms with Gasteiger partial charge in [0.25, 0.3) is 5.56 Å². The Morgan fingerprint density at radius 2 is 1.85 bits per heavy atom. The molecule has 0 saturated carbocycles. The van der Waals surface area contributed by atoms with Crippen molar-refractivity contribution in [3.63, 3.8) is 0 Å². The molecule has 0 spiro atoms. The van der Waals surface area contributed by atoms with E-state index in [1.54, 1.807) is 0 Å². The fraction of sp³-hybridized carbons (Fsp3) is 0.231. The summed E-state index contributed by atoms with van der Waals surface area (Å²) >= 11 is 1.46. The summed E-state index contributed by atoms with van der Waals surface area (Å²) in [6, 6.07) is 16.1. The Morgan fingerprint density at radius 3 is 2.68 bits per heavy atom. The Hall–Kier alpha value is -3.78. The second-order valence-electron chi connectivity index (χ2n) is 8.34. The number of thiophene rings is 1. The molecule has 1 N–H and O–H groups in total. The molecular formula is C26H25N5O2S. The van der Waals surface area contributed by atoms with Gasteiger partial charge in [0.15, 0.2) is 0 Å². The van der Waals surface area contributed by atoms with E-state index >= 15 is 0 Å². The van der Waals surface area contributed by atoms with Crippen molar-refractivity contribution in [3.8, 4) is 11.1 Å². The van der Waals surface area contributed by atoms with Crippen molar-refractivity contribution < 1.29 is 4.79 Å². The standard InChI is InChI=1S/C26H25N5O2S/c1-17-7-9-19(10-8-17)20-15-34-25-24(20)26(33)30(16-28-25)13-11-23(32)27-12-14-31-18(2)29-21-5-3-4-6-22(21)31/h3-10,15-16H,11-14H2,1-2H3,(H,27,32). The Labute approximate surface area is 200 Å². The fourth-order valence-corrected chi connectivity index (χ4v) is 5.07. The van der Waals surface area contributed by atoms with E-state index in [1.165, 1.54) is 27.8 Å². The molecule has 7 nitrogen and oxygen atoms in total. The van der Waals surface area contributed by atoms with Crippen LogP contribution in [0.4, 0.5) is 0 Å². The SMILES string of the molecule is Cc1ccc(-c2csc3ncn(CCC(=O)NCCn4c(C)nc5ccccc54)c(=O)c23)cc1. The molecule has 0 unspecified atom stereocenters. The third kappa shape index (κ3) is 4.24. The minimum absolute atomic E-state index is 0.0989. The molecule has 3 aromatic heterocycles. The molecule has 0 radical (unpaired) electrons. The summed E-state index contributed by atoms with van der Waals surface area (Å²) in [5.74, 6) is 0.819. The van der Waals surface area contributed by atoms with Gasteiger partial charge in [-0.2, -0.15) is 0 Å². The number of carbonyl (C=O) groups is 1. The van der Waals surface area contributed by atoms with Crippen molar-refractivity contribution in [2.24, 2.45) is 0 Å². The Kier molecular flexibility index (Phi) is 5.98. The number of hydrogen-bond acceptors (Lipinski definition) is 5. The van der Waals surface area contributed by atoms with Gasteiger partial charge in [-0.15, -0.1) is 11.3 Å². The number of amides is 1. The Balaban J connectivity index is 1.25. The summed E-state index contributed by atoms with van der Waals surface area (Å²) in [4.78, 5) is 35.4. The van der Waals surface area contributed by atoms with Gasteiger partial charge in [-0.05, 0) is 31.5 Å². The molecule has 0 atom stereocenters. The number of nitrogens with one attached hydrogen (secondary N) is 1. The minimum atomic E-state index is -0.116. The summed E-state index contributed by atoms with van der Waals surface area (Å²) in [5.41, 5.74) is 4.94. The van der Waals surface area contributed by atoms with Crippen LogP contribution >= 0.6 is 11.3 Å². The fourth-order valence-electron chi connectivity index (χ4n) is 4.17. The Bertz CT molecular complexity index is 1550. The first-order valence-electron chi connectivity index (χ1n) is 11.2. The number of rotatable bonds is 7. The lowest BCUT2D eigenvalue weighted by Crippen LogP contribution is -2.30. The third-order valence-corrected chi connectivity index (χ3v) is 6.89. The van der Waals surface area contributed by atoms with Gasteiger partial charge in [0, 0.05) is 37.0 Å². The molecule has 0 aliphatic carbocycles. The summed E-state index contributed by atoms with van der Waals surface area (Å²) in [6.45, 7) is 5.42. The first kappa shape index (κ1) is 22.0. The topological polar surface area (TPSA) is 81.8 Å². The van der Waals surface area contributed by atoms with Crippen LogP contribution in [0.15, 0.2) is 65.0 Å². The van der Waals surface area contributed by atoms with Gasteiger partial charge in [-0.25, -0.2) is 9.97 Å². The first-order chi connectivity index (χ1) is 16.5. The number of hydrogen-bond donors (Lipinski definition) is 1. The number of aryl methyl sites for hydroxylation is 3. The molecule has 0 aliphatic heterocycles. The van der Waals surface area contributed by atoms with Crippen LogP contribution in [0.1, 0.15) is 17.8 Å². The zero-order chi connectivity index (χ0) is 23.7. The van der Waals surface area contributed by atoms with Crippen LogP contribution in [-0.4, -0.2) is 31.6 Å². The number of para-hydroxylation sites is 2. The smallest absolute Gasteiger partial charge is 0.262 e. The average Bonchev–Trinajstić information content (AvgIpc) is 3.41. The second-order valence-corrected chi connectivity index (χ2v) is 9.20. The number of carbonyl (C=O) groups excluding carboxylic acids is 1. The van der Waals surface area contributed by atoms with Crippen LogP contribution in [0, 0.1) is 13.8 Å². The van der Waals surface area contributed by atoms with Crippen molar-refractivity contribution in [1.29, 1.82) is 0 Å². The Morgan fingerprint density at radius 1 is 1.06 bits per heavy atom. The zero-order valence-electron chi connectivity index (χ0n) is 19.1. The number of aromatic nitrogens is 4. The highest BCUT2D eigenvalue weighted by Crippen LogP contribution is 2.30. The maximum absolute atomic E-state index is 13.2. The first-order valence-corrected chi connectivity index (χ1v) is 12.1. The van der Waals surface area contributed by atoms with E-state index in [4.69, 9.17) is 0 Å². The molecule has 1 amide bonds. The molecule has 0 saturated heterocycles. The van der Waals surface area contributed by atoms with Crippen LogP contribution in [0.2, 0.25) is 0 Å². The van der Waals surface area contributed by atoms with E-state index in [-0.39, 0.29) is 24.4 Å². The van der Waals surface area contributed by atoms with Crippen molar-refractivity contribution in [1.82, 2.24) is 24.4 Å². The minimum Gasteiger partial charge on any atom is -0.354 e. The average molecular weight is 472 g/mol. The lowest BCUT2D eigenvalue weighted by Gasteiger charge is -2.10. The van der Waals surface area contributed by atoms with E-state index in [0.717, 1.165) is 28.0 Å². The molecule has 0 aliphatic rings. The highest BCUT2D eigenvalue weighted by molar-refractivity contribution is 7.17.